The summed E-state index contributed by atoms with van der Waals surface area (Å²) in [5.74, 6) is 1.89. The van der Waals surface area contributed by atoms with Crippen LogP contribution in [-0.4, -0.2) is 41.3 Å². The molecule has 1 aromatic heterocycles. The molecule has 1 saturated heterocycles. The van der Waals surface area contributed by atoms with Crippen molar-refractivity contribution < 1.29 is 4.74 Å². The summed E-state index contributed by atoms with van der Waals surface area (Å²) in [5, 5.41) is 6.86. The van der Waals surface area contributed by atoms with Gasteiger partial charge in [0.25, 0.3) is 0 Å². The number of anilines is 2. The van der Waals surface area contributed by atoms with Crippen molar-refractivity contribution in [3.8, 4) is 5.88 Å². The number of methoxy groups -OCH3 is 1. The van der Waals surface area contributed by atoms with Gasteiger partial charge in [0.1, 0.15) is 5.82 Å². The molecular formula is C21H29N5OS. The molecule has 3 rings (SSSR count). The van der Waals surface area contributed by atoms with Gasteiger partial charge in [-0.3, -0.25) is 0 Å². The maximum Gasteiger partial charge on any atom is 0.234 e. The molecule has 0 bridgehead atoms. The molecule has 28 heavy (non-hydrogen) atoms. The number of thiocarbonyl (C=S) groups is 1. The maximum absolute atomic E-state index is 5.41. The van der Waals surface area contributed by atoms with Crippen LogP contribution in [0.2, 0.25) is 0 Å². The molecule has 2 heterocycles. The van der Waals surface area contributed by atoms with Crippen LogP contribution in [0.4, 0.5) is 11.8 Å². The molecule has 1 aliphatic rings. The predicted molar refractivity (Wildman–Crippen MR) is 118 cm³/mol. The van der Waals surface area contributed by atoms with E-state index in [1.165, 1.54) is 24.8 Å². The van der Waals surface area contributed by atoms with Crippen molar-refractivity contribution in [2.24, 2.45) is 0 Å². The van der Waals surface area contributed by atoms with Gasteiger partial charge in [0.15, 0.2) is 5.11 Å². The highest BCUT2D eigenvalue weighted by molar-refractivity contribution is 7.80. The Labute approximate surface area is 172 Å². The maximum atomic E-state index is 5.41. The van der Waals surface area contributed by atoms with Crippen LogP contribution in [0.3, 0.4) is 0 Å². The van der Waals surface area contributed by atoms with Crippen LogP contribution in [0.15, 0.2) is 36.4 Å². The molecule has 0 aliphatic carbocycles. The molecule has 7 heteroatoms. The largest absolute Gasteiger partial charge is 0.481 e. The molecule has 0 spiro atoms. The zero-order valence-electron chi connectivity index (χ0n) is 16.6. The summed E-state index contributed by atoms with van der Waals surface area (Å²) in [6.45, 7) is 4.03. The fourth-order valence-corrected chi connectivity index (χ4v) is 3.64. The van der Waals surface area contributed by atoms with Crippen molar-refractivity contribution in [3.05, 3.63) is 42.0 Å². The lowest BCUT2D eigenvalue weighted by Gasteiger charge is -2.34. The van der Waals surface area contributed by atoms with Gasteiger partial charge in [-0.05, 0) is 56.8 Å². The fraction of sp³-hybridized carbons (Fsp3) is 0.476. The average molecular weight is 400 g/mol. The van der Waals surface area contributed by atoms with Crippen LogP contribution >= 0.6 is 12.2 Å². The minimum atomic E-state index is 0.462. The number of hydrogen-bond acceptors (Lipinski definition) is 5. The fourth-order valence-electron chi connectivity index (χ4n) is 3.44. The Morgan fingerprint density at radius 2 is 2.07 bits per heavy atom. The Bertz CT molecular complexity index is 771. The zero-order valence-corrected chi connectivity index (χ0v) is 17.5. The van der Waals surface area contributed by atoms with Gasteiger partial charge in [0.05, 0.1) is 7.11 Å². The third-order valence-corrected chi connectivity index (χ3v) is 5.24. The van der Waals surface area contributed by atoms with E-state index in [1.54, 1.807) is 7.11 Å². The van der Waals surface area contributed by atoms with E-state index in [9.17, 15) is 0 Å². The van der Waals surface area contributed by atoms with Crippen molar-refractivity contribution >= 4 is 29.1 Å². The first-order valence-corrected chi connectivity index (χ1v) is 10.3. The highest BCUT2D eigenvalue weighted by Crippen LogP contribution is 2.26. The second kappa shape index (κ2) is 10.2. The lowest BCUT2D eigenvalue weighted by Crippen LogP contribution is -2.38. The highest BCUT2D eigenvalue weighted by Gasteiger charge is 2.21. The highest BCUT2D eigenvalue weighted by atomic mass is 32.1. The lowest BCUT2D eigenvalue weighted by atomic mass is 10.0. The molecule has 2 N–H and O–H groups in total. The van der Waals surface area contributed by atoms with Gasteiger partial charge >= 0.3 is 0 Å². The molecule has 0 saturated carbocycles. The number of rotatable bonds is 7. The monoisotopic (exact) mass is 399 g/mol. The standard InChI is InChI=1S/C21H29N5OS/c1-16-9-6-7-14-26(16)18-15-19(27-2)24-20(23-18)25-21(28)22-13-8-12-17-10-4-3-5-11-17/h3-5,10-11,15-16H,6-9,12-14H2,1-2H3,(H2,22,23,24,25,28). The van der Waals surface area contributed by atoms with Crippen molar-refractivity contribution in [1.29, 1.82) is 0 Å². The molecule has 1 unspecified atom stereocenters. The van der Waals surface area contributed by atoms with E-state index in [1.807, 2.05) is 12.1 Å². The molecular weight excluding hydrogens is 370 g/mol. The zero-order chi connectivity index (χ0) is 19.8. The lowest BCUT2D eigenvalue weighted by molar-refractivity contribution is 0.396. The van der Waals surface area contributed by atoms with Crippen LogP contribution in [0, 0.1) is 0 Å². The summed E-state index contributed by atoms with van der Waals surface area (Å²) < 4.78 is 5.37. The molecule has 6 nitrogen and oxygen atoms in total. The molecule has 2 aromatic rings. The Morgan fingerprint density at radius 1 is 1.25 bits per heavy atom. The molecule has 0 amide bonds. The van der Waals surface area contributed by atoms with E-state index < -0.39 is 0 Å². The van der Waals surface area contributed by atoms with Crippen LogP contribution in [0.25, 0.3) is 0 Å². The first-order valence-electron chi connectivity index (χ1n) is 9.94. The SMILES string of the molecule is COc1cc(N2CCCCC2C)nc(NC(=S)NCCCc2ccccc2)n1. The van der Waals surface area contributed by atoms with Crippen LogP contribution in [0.5, 0.6) is 5.88 Å². The van der Waals surface area contributed by atoms with E-state index in [-0.39, 0.29) is 0 Å². The van der Waals surface area contributed by atoms with E-state index >= 15 is 0 Å². The Kier molecular flexibility index (Phi) is 7.42. The molecule has 1 atom stereocenters. The number of aryl methyl sites for hydroxylation is 1. The van der Waals surface area contributed by atoms with Crippen molar-refractivity contribution in [2.75, 3.05) is 30.4 Å². The van der Waals surface area contributed by atoms with Crippen LogP contribution in [-0.2, 0) is 6.42 Å². The molecule has 0 radical (unpaired) electrons. The Balaban J connectivity index is 1.55. The van der Waals surface area contributed by atoms with Gasteiger partial charge < -0.3 is 20.3 Å². The third kappa shape index (κ3) is 5.79. The van der Waals surface area contributed by atoms with Gasteiger partial charge in [-0.2, -0.15) is 9.97 Å². The third-order valence-electron chi connectivity index (χ3n) is 4.99. The van der Waals surface area contributed by atoms with Crippen LogP contribution in [0.1, 0.15) is 38.2 Å². The number of aromatic nitrogens is 2. The van der Waals surface area contributed by atoms with Gasteiger partial charge in [0.2, 0.25) is 11.8 Å². The first kappa shape index (κ1) is 20.3. The van der Waals surface area contributed by atoms with E-state index in [0.717, 1.165) is 31.7 Å². The molecule has 1 aromatic carbocycles. The normalized spacial score (nSPS) is 16.5. The quantitative estimate of drug-likeness (QED) is 0.543. The van der Waals surface area contributed by atoms with Gasteiger partial charge in [0, 0.05) is 25.2 Å². The number of hydrogen-bond donors (Lipinski definition) is 2. The second-order valence-electron chi connectivity index (χ2n) is 7.10. The average Bonchev–Trinajstić information content (AvgIpc) is 2.72. The summed E-state index contributed by atoms with van der Waals surface area (Å²) in [7, 11) is 1.62. The van der Waals surface area contributed by atoms with Gasteiger partial charge in [-0.15, -0.1) is 0 Å². The molecule has 150 valence electrons. The number of nitrogens with one attached hydrogen (secondary N) is 2. The minimum Gasteiger partial charge on any atom is -0.481 e. The van der Waals surface area contributed by atoms with Gasteiger partial charge in [-0.1, -0.05) is 30.3 Å². The summed E-state index contributed by atoms with van der Waals surface area (Å²) in [6, 6.07) is 12.8. The molecule has 1 fully saturated rings. The molecule has 1 aliphatic heterocycles. The van der Waals surface area contributed by atoms with Crippen molar-refractivity contribution in [3.63, 3.8) is 0 Å². The topological polar surface area (TPSA) is 62.3 Å². The Morgan fingerprint density at radius 3 is 2.82 bits per heavy atom. The number of benzene rings is 1. The first-order chi connectivity index (χ1) is 13.7. The van der Waals surface area contributed by atoms with Crippen molar-refractivity contribution in [2.45, 2.75) is 45.1 Å². The van der Waals surface area contributed by atoms with E-state index in [2.05, 4.69) is 56.7 Å². The van der Waals surface area contributed by atoms with Crippen molar-refractivity contribution in [1.82, 2.24) is 15.3 Å². The smallest absolute Gasteiger partial charge is 0.234 e. The number of nitrogens with zero attached hydrogens (tertiary/aromatic N) is 3. The summed E-state index contributed by atoms with van der Waals surface area (Å²) in [4.78, 5) is 11.4. The second-order valence-corrected chi connectivity index (χ2v) is 7.51. The Hall–Kier alpha value is -2.41. The van der Waals surface area contributed by atoms with Crippen LogP contribution < -0.4 is 20.3 Å². The summed E-state index contributed by atoms with van der Waals surface area (Å²) in [6.07, 6.45) is 5.64. The minimum absolute atomic E-state index is 0.462. The van der Waals surface area contributed by atoms with Gasteiger partial charge in [-0.25, -0.2) is 0 Å². The number of piperidine rings is 1. The summed E-state index contributed by atoms with van der Waals surface area (Å²) >= 11 is 5.41. The predicted octanol–water partition coefficient (Wildman–Crippen LogP) is 3.78. The van der Waals surface area contributed by atoms with E-state index in [0.29, 0.717) is 23.0 Å². The van der Waals surface area contributed by atoms with E-state index in [4.69, 9.17) is 17.0 Å². The number of ether oxygens (including phenoxy) is 1. The summed E-state index contributed by atoms with van der Waals surface area (Å²) in [5.41, 5.74) is 1.33.